The van der Waals surface area contributed by atoms with Crippen LogP contribution < -0.4 is 0 Å². The van der Waals surface area contributed by atoms with Crippen LogP contribution in [0.2, 0.25) is 0 Å². The average Bonchev–Trinajstić information content (AvgIpc) is 2.15. The van der Waals surface area contributed by atoms with Gasteiger partial charge in [-0.15, -0.1) is 0 Å². The lowest BCUT2D eigenvalue weighted by molar-refractivity contribution is 1.44. The monoisotopic (exact) mass is 169 g/mol. The SMILES string of the molecule is Cc1ccccc1C=CC=CC#N. The molecule has 0 aliphatic carbocycles. The summed E-state index contributed by atoms with van der Waals surface area (Å²) in [7, 11) is 0. The van der Waals surface area contributed by atoms with Gasteiger partial charge in [0.1, 0.15) is 0 Å². The molecule has 1 rings (SSSR count). The Balaban J connectivity index is 2.75. The van der Waals surface area contributed by atoms with Crippen LogP contribution in [-0.2, 0) is 0 Å². The highest BCUT2D eigenvalue weighted by Gasteiger charge is 1.88. The van der Waals surface area contributed by atoms with Crippen LogP contribution in [0, 0.1) is 18.3 Å². The van der Waals surface area contributed by atoms with Crippen LogP contribution in [0.1, 0.15) is 11.1 Å². The molecule has 13 heavy (non-hydrogen) atoms. The van der Waals surface area contributed by atoms with Crippen molar-refractivity contribution in [2.24, 2.45) is 0 Å². The molecule has 0 aliphatic heterocycles. The highest BCUT2D eigenvalue weighted by molar-refractivity contribution is 5.54. The number of aryl methyl sites for hydroxylation is 1. The summed E-state index contributed by atoms with van der Waals surface area (Å²) < 4.78 is 0. The fraction of sp³-hybridized carbons (Fsp3) is 0.0833. The summed E-state index contributed by atoms with van der Waals surface area (Å²) in [4.78, 5) is 0. The zero-order chi connectivity index (χ0) is 9.52. The minimum absolute atomic E-state index is 1.19. The number of nitrogens with zero attached hydrogens (tertiary/aromatic N) is 1. The first kappa shape index (κ1) is 9.28. The molecule has 1 aromatic rings. The summed E-state index contributed by atoms with van der Waals surface area (Å²) in [6, 6.07) is 10.1. The molecule has 0 bridgehead atoms. The fourth-order valence-corrected chi connectivity index (χ4v) is 1.03. The van der Waals surface area contributed by atoms with E-state index in [0.29, 0.717) is 0 Å². The Morgan fingerprint density at radius 3 is 2.69 bits per heavy atom. The van der Waals surface area contributed by atoms with E-state index in [-0.39, 0.29) is 0 Å². The lowest BCUT2D eigenvalue weighted by Crippen LogP contribution is -1.76. The quantitative estimate of drug-likeness (QED) is 0.493. The normalized spacial score (nSPS) is 10.8. The van der Waals surface area contributed by atoms with Gasteiger partial charge in [0, 0.05) is 6.08 Å². The molecule has 0 fully saturated rings. The Kier molecular flexibility index (Phi) is 3.53. The van der Waals surface area contributed by atoms with E-state index in [0.717, 1.165) is 0 Å². The van der Waals surface area contributed by atoms with E-state index in [1.54, 1.807) is 6.08 Å². The van der Waals surface area contributed by atoms with Gasteiger partial charge < -0.3 is 0 Å². The second-order valence-corrected chi connectivity index (χ2v) is 2.70. The molecular formula is C12H11N. The van der Waals surface area contributed by atoms with E-state index >= 15 is 0 Å². The molecule has 0 atom stereocenters. The van der Waals surface area contributed by atoms with Crippen molar-refractivity contribution in [2.45, 2.75) is 6.92 Å². The Morgan fingerprint density at radius 2 is 2.00 bits per heavy atom. The van der Waals surface area contributed by atoms with Crippen molar-refractivity contribution < 1.29 is 0 Å². The summed E-state index contributed by atoms with van der Waals surface area (Å²) in [5, 5.41) is 8.25. The fourth-order valence-electron chi connectivity index (χ4n) is 1.03. The lowest BCUT2D eigenvalue weighted by atomic mass is 10.1. The number of benzene rings is 1. The van der Waals surface area contributed by atoms with Crippen molar-refractivity contribution in [2.75, 3.05) is 0 Å². The minimum atomic E-state index is 1.19. The van der Waals surface area contributed by atoms with Crippen molar-refractivity contribution in [3.05, 3.63) is 53.6 Å². The Hall–Kier alpha value is -1.81. The highest BCUT2D eigenvalue weighted by atomic mass is 14.2. The van der Waals surface area contributed by atoms with Crippen molar-refractivity contribution >= 4 is 6.08 Å². The number of allylic oxidation sites excluding steroid dienone is 3. The molecule has 0 aliphatic rings. The van der Waals surface area contributed by atoms with Crippen molar-refractivity contribution in [1.82, 2.24) is 0 Å². The molecule has 0 aromatic heterocycles. The second kappa shape index (κ2) is 4.95. The predicted octanol–water partition coefficient (Wildman–Crippen LogP) is 3.09. The third-order valence-electron chi connectivity index (χ3n) is 1.75. The van der Waals surface area contributed by atoms with Gasteiger partial charge >= 0.3 is 0 Å². The number of rotatable bonds is 2. The molecule has 1 aromatic carbocycles. The number of hydrogen-bond donors (Lipinski definition) is 0. The van der Waals surface area contributed by atoms with Gasteiger partial charge in [0.2, 0.25) is 0 Å². The van der Waals surface area contributed by atoms with Crippen LogP contribution >= 0.6 is 0 Å². The van der Waals surface area contributed by atoms with E-state index < -0.39 is 0 Å². The van der Waals surface area contributed by atoms with Crippen LogP contribution in [-0.4, -0.2) is 0 Å². The molecule has 0 radical (unpaired) electrons. The molecule has 64 valence electrons. The second-order valence-electron chi connectivity index (χ2n) is 2.70. The Morgan fingerprint density at radius 1 is 1.23 bits per heavy atom. The summed E-state index contributed by atoms with van der Waals surface area (Å²) in [5.41, 5.74) is 2.43. The van der Waals surface area contributed by atoms with Gasteiger partial charge in [-0.05, 0) is 18.1 Å². The molecule has 0 heterocycles. The summed E-state index contributed by atoms with van der Waals surface area (Å²) in [6.07, 6.45) is 7.04. The van der Waals surface area contributed by atoms with Gasteiger partial charge in [-0.3, -0.25) is 0 Å². The molecular weight excluding hydrogens is 158 g/mol. The maximum Gasteiger partial charge on any atom is 0.0912 e. The first-order valence-corrected chi connectivity index (χ1v) is 4.13. The maximum atomic E-state index is 8.25. The van der Waals surface area contributed by atoms with Crippen LogP contribution in [0.4, 0.5) is 0 Å². The Labute approximate surface area is 78.6 Å². The standard InChI is InChI=1S/C12H11N/c1-11-7-4-5-9-12(11)8-3-2-6-10-13/h2-9H,1H3. The van der Waals surface area contributed by atoms with E-state index in [1.807, 2.05) is 36.4 Å². The zero-order valence-corrected chi connectivity index (χ0v) is 7.57. The summed E-state index contributed by atoms with van der Waals surface area (Å²) in [5.74, 6) is 0. The molecule has 0 amide bonds. The molecule has 0 saturated carbocycles. The van der Waals surface area contributed by atoms with Gasteiger partial charge in [0.25, 0.3) is 0 Å². The Bertz CT molecular complexity index is 367. The predicted molar refractivity (Wildman–Crippen MR) is 55.0 cm³/mol. The van der Waals surface area contributed by atoms with Crippen LogP contribution in [0.5, 0.6) is 0 Å². The van der Waals surface area contributed by atoms with Crippen LogP contribution in [0.25, 0.3) is 6.08 Å². The van der Waals surface area contributed by atoms with E-state index in [4.69, 9.17) is 5.26 Å². The van der Waals surface area contributed by atoms with Gasteiger partial charge in [-0.1, -0.05) is 42.5 Å². The lowest BCUT2D eigenvalue weighted by Gasteiger charge is -1.96. The largest absolute Gasteiger partial charge is 0.193 e. The molecule has 1 heteroatoms. The van der Waals surface area contributed by atoms with Crippen LogP contribution in [0.3, 0.4) is 0 Å². The van der Waals surface area contributed by atoms with Gasteiger partial charge in [-0.25, -0.2) is 0 Å². The molecule has 0 N–H and O–H groups in total. The van der Waals surface area contributed by atoms with Gasteiger partial charge in [-0.2, -0.15) is 5.26 Å². The van der Waals surface area contributed by atoms with E-state index in [9.17, 15) is 0 Å². The smallest absolute Gasteiger partial charge is 0.0912 e. The minimum Gasteiger partial charge on any atom is -0.193 e. The highest BCUT2D eigenvalue weighted by Crippen LogP contribution is 2.08. The maximum absolute atomic E-state index is 8.25. The van der Waals surface area contributed by atoms with Crippen molar-refractivity contribution in [3.8, 4) is 6.07 Å². The third-order valence-corrected chi connectivity index (χ3v) is 1.75. The summed E-state index contributed by atoms with van der Waals surface area (Å²) in [6.45, 7) is 2.06. The molecule has 0 saturated heterocycles. The average molecular weight is 169 g/mol. The molecule has 1 nitrogen and oxygen atoms in total. The number of nitriles is 1. The zero-order valence-electron chi connectivity index (χ0n) is 7.57. The van der Waals surface area contributed by atoms with E-state index in [2.05, 4.69) is 13.0 Å². The van der Waals surface area contributed by atoms with Gasteiger partial charge in [0.15, 0.2) is 0 Å². The molecule has 0 spiro atoms. The van der Waals surface area contributed by atoms with E-state index in [1.165, 1.54) is 17.2 Å². The topological polar surface area (TPSA) is 23.8 Å². The van der Waals surface area contributed by atoms with Crippen molar-refractivity contribution in [1.29, 1.82) is 5.26 Å². The first-order chi connectivity index (χ1) is 6.34. The summed E-state index contributed by atoms with van der Waals surface area (Å²) >= 11 is 0. The molecule has 0 unspecified atom stereocenters. The van der Waals surface area contributed by atoms with Crippen molar-refractivity contribution in [3.63, 3.8) is 0 Å². The first-order valence-electron chi connectivity index (χ1n) is 4.13. The number of hydrogen-bond acceptors (Lipinski definition) is 1. The van der Waals surface area contributed by atoms with Crippen LogP contribution in [0.15, 0.2) is 42.5 Å². The third kappa shape index (κ3) is 2.96. The van der Waals surface area contributed by atoms with Gasteiger partial charge in [0.05, 0.1) is 6.07 Å².